The predicted molar refractivity (Wildman–Crippen MR) is 135 cm³/mol. The second-order valence-electron chi connectivity index (χ2n) is 7.35. The van der Waals surface area contributed by atoms with Crippen LogP contribution in [0.4, 0.5) is 0 Å². The number of nitrogens with zero attached hydrogens (tertiary/aromatic N) is 1. The van der Waals surface area contributed by atoms with Gasteiger partial charge in [0.15, 0.2) is 21.3 Å². The SMILES string of the molecule is COc1cc2nccc(Oc3ccc(S(=O)(=O)CCOc4ccc(Cl)cc4Cl)cc3)c2cc1OC. The molecule has 0 bridgehead atoms. The molecule has 7 nitrogen and oxygen atoms in total. The molecule has 0 atom stereocenters. The fourth-order valence-electron chi connectivity index (χ4n) is 3.35. The fraction of sp³-hybridized carbons (Fsp3) is 0.160. The quantitative estimate of drug-likeness (QED) is 0.253. The molecule has 0 aliphatic heterocycles. The number of benzene rings is 3. The molecule has 4 aromatic rings. The molecule has 10 heteroatoms. The highest BCUT2D eigenvalue weighted by Gasteiger charge is 2.16. The van der Waals surface area contributed by atoms with Gasteiger partial charge >= 0.3 is 0 Å². The average molecular weight is 534 g/mol. The summed E-state index contributed by atoms with van der Waals surface area (Å²) in [4.78, 5) is 4.51. The lowest BCUT2D eigenvalue weighted by atomic mass is 10.2. The first-order valence-electron chi connectivity index (χ1n) is 10.4. The van der Waals surface area contributed by atoms with E-state index in [1.165, 1.54) is 18.2 Å². The second kappa shape index (κ2) is 10.6. The normalized spacial score (nSPS) is 11.3. The Kier molecular flexibility index (Phi) is 7.54. The molecule has 3 aromatic carbocycles. The van der Waals surface area contributed by atoms with Gasteiger partial charge in [-0.3, -0.25) is 4.98 Å². The van der Waals surface area contributed by atoms with Crippen molar-refractivity contribution in [3.05, 3.63) is 76.9 Å². The zero-order valence-corrected chi connectivity index (χ0v) is 21.2. The molecular formula is C25H21Cl2NO6S. The zero-order chi connectivity index (χ0) is 25.0. The summed E-state index contributed by atoms with van der Waals surface area (Å²) in [6.45, 7) is -0.0593. The van der Waals surface area contributed by atoms with Crippen LogP contribution in [0.5, 0.6) is 28.7 Å². The maximum atomic E-state index is 12.7. The summed E-state index contributed by atoms with van der Waals surface area (Å²) in [5, 5.41) is 1.51. The molecule has 4 rings (SSSR count). The summed E-state index contributed by atoms with van der Waals surface area (Å²) in [5.41, 5.74) is 0.667. The molecule has 0 spiro atoms. The number of aromatic nitrogens is 1. The van der Waals surface area contributed by atoms with Gasteiger partial charge in [-0.15, -0.1) is 0 Å². The highest BCUT2D eigenvalue weighted by Crippen LogP contribution is 2.37. The summed E-state index contributed by atoms with van der Waals surface area (Å²) >= 11 is 11.9. The second-order valence-corrected chi connectivity index (χ2v) is 10.3. The first-order valence-corrected chi connectivity index (χ1v) is 12.8. The molecule has 1 aromatic heterocycles. The molecule has 182 valence electrons. The van der Waals surface area contributed by atoms with E-state index in [0.29, 0.717) is 44.3 Å². The van der Waals surface area contributed by atoms with Gasteiger partial charge in [-0.25, -0.2) is 8.42 Å². The van der Waals surface area contributed by atoms with Gasteiger partial charge in [-0.1, -0.05) is 23.2 Å². The lowest BCUT2D eigenvalue weighted by Crippen LogP contribution is -2.14. The largest absolute Gasteiger partial charge is 0.493 e. The van der Waals surface area contributed by atoms with Gasteiger partial charge in [0.1, 0.15) is 23.9 Å². The number of rotatable bonds is 9. The molecule has 0 aliphatic carbocycles. The molecule has 35 heavy (non-hydrogen) atoms. The smallest absolute Gasteiger partial charge is 0.181 e. The lowest BCUT2D eigenvalue weighted by molar-refractivity contribution is 0.341. The van der Waals surface area contributed by atoms with Crippen molar-refractivity contribution in [2.45, 2.75) is 4.90 Å². The van der Waals surface area contributed by atoms with Crippen LogP contribution >= 0.6 is 23.2 Å². The zero-order valence-electron chi connectivity index (χ0n) is 18.8. The minimum absolute atomic E-state index is 0.0593. The standard InChI is InChI=1S/C25H21Cl2NO6S/c1-31-24-14-19-21(15-25(24)32-2)28-10-9-22(19)34-17-4-6-18(7-5-17)35(29,30)12-11-33-23-8-3-16(26)13-20(23)27/h3-10,13-15H,11-12H2,1-2H3. The topological polar surface area (TPSA) is 84.0 Å². The van der Waals surface area contributed by atoms with Crippen LogP contribution < -0.4 is 18.9 Å². The first kappa shape index (κ1) is 24.9. The van der Waals surface area contributed by atoms with Gasteiger partial charge in [-0.05, 0) is 54.6 Å². The summed E-state index contributed by atoms with van der Waals surface area (Å²) in [5.74, 6) is 2.26. The Balaban J connectivity index is 1.47. The third-order valence-corrected chi connectivity index (χ3v) is 7.35. The van der Waals surface area contributed by atoms with E-state index in [0.717, 1.165) is 5.39 Å². The Morgan fingerprint density at radius 3 is 2.23 bits per heavy atom. The predicted octanol–water partition coefficient (Wildman–Crippen LogP) is 6.20. The van der Waals surface area contributed by atoms with Crippen LogP contribution in [0.15, 0.2) is 71.8 Å². The van der Waals surface area contributed by atoms with Gasteiger partial charge in [0.25, 0.3) is 0 Å². The van der Waals surface area contributed by atoms with Gasteiger partial charge < -0.3 is 18.9 Å². The van der Waals surface area contributed by atoms with E-state index in [4.69, 9.17) is 42.1 Å². The van der Waals surface area contributed by atoms with Crippen molar-refractivity contribution in [1.29, 1.82) is 0 Å². The number of pyridine rings is 1. The Bertz CT molecular complexity index is 1460. The monoisotopic (exact) mass is 533 g/mol. The molecule has 0 saturated heterocycles. The van der Waals surface area contributed by atoms with E-state index in [9.17, 15) is 8.42 Å². The Labute approximate surface area is 213 Å². The number of fused-ring (bicyclic) bond motifs is 1. The fourth-order valence-corrected chi connectivity index (χ4v) is 4.90. The van der Waals surface area contributed by atoms with E-state index in [1.807, 2.05) is 0 Å². The number of methoxy groups -OCH3 is 2. The minimum atomic E-state index is -3.58. The van der Waals surface area contributed by atoms with E-state index < -0.39 is 9.84 Å². The van der Waals surface area contributed by atoms with Gasteiger partial charge in [0, 0.05) is 22.7 Å². The van der Waals surface area contributed by atoms with Crippen LogP contribution in [0.25, 0.3) is 10.9 Å². The van der Waals surface area contributed by atoms with Crippen LogP contribution in [0.1, 0.15) is 0 Å². The van der Waals surface area contributed by atoms with Crippen LogP contribution in [0.2, 0.25) is 10.0 Å². The third-order valence-electron chi connectivity index (χ3n) is 5.12. The highest BCUT2D eigenvalue weighted by atomic mass is 35.5. The molecule has 0 radical (unpaired) electrons. The Morgan fingerprint density at radius 1 is 0.829 bits per heavy atom. The summed E-state index contributed by atoms with van der Waals surface area (Å²) in [7, 11) is -0.478. The minimum Gasteiger partial charge on any atom is -0.493 e. The number of halogens is 2. The first-order chi connectivity index (χ1) is 16.8. The molecule has 1 heterocycles. The molecule has 0 aliphatic rings. The van der Waals surface area contributed by atoms with Crippen molar-refractivity contribution in [3.63, 3.8) is 0 Å². The average Bonchev–Trinajstić information content (AvgIpc) is 2.85. The summed E-state index contributed by atoms with van der Waals surface area (Å²) in [6, 6.07) is 16.2. The summed E-state index contributed by atoms with van der Waals surface area (Å²) in [6.07, 6.45) is 1.62. The van der Waals surface area contributed by atoms with Gasteiger partial charge in [-0.2, -0.15) is 0 Å². The number of sulfone groups is 1. The van der Waals surface area contributed by atoms with Crippen LogP contribution in [0, 0.1) is 0 Å². The van der Waals surface area contributed by atoms with Crippen LogP contribution in [-0.4, -0.2) is 40.0 Å². The number of hydrogen-bond donors (Lipinski definition) is 0. The molecular weight excluding hydrogens is 513 g/mol. The van der Waals surface area contributed by atoms with Crippen molar-refractivity contribution in [1.82, 2.24) is 4.98 Å². The van der Waals surface area contributed by atoms with E-state index in [2.05, 4.69) is 4.98 Å². The van der Waals surface area contributed by atoms with Crippen LogP contribution in [0.3, 0.4) is 0 Å². The van der Waals surface area contributed by atoms with Crippen molar-refractivity contribution in [3.8, 4) is 28.7 Å². The van der Waals surface area contributed by atoms with E-state index >= 15 is 0 Å². The van der Waals surface area contributed by atoms with Gasteiger partial charge in [0.2, 0.25) is 0 Å². The Morgan fingerprint density at radius 2 is 1.54 bits per heavy atom. The van der Waals surface area contributed by atoms with Crippen molar-refractivity contribution in [2.75, 3.05) is 26.6 Å². The lowest BCUT2D eigenvalue weighted by Gasteiger charge is -2.13. The molecule has 0 fully saturated rings. The van der Waals surface area contributed by atoms with E-state index in [-0.39, 0.29) is 17.3 Å². The molecule has 0 unspecified atom stereocenters. The van der Waals surface area contributed by atoms with Gasteiger partial charge in [0.05, 0.1) is 35.4 Å². The summed E-state index contributed by atoms with van der Waals surface area (Å²) < 4.78 is 47.7. The molecule has 0 saturated carbocycles. The number of ether oxygens (including phenoxy) is 4. The van der Waals surface area contributed by atoms with Crippen molar-refractivity contribution in [2.24, 2.45) is 0 Å². The molecule has 0 N–H and O–H groups in total. The Hall–Kier alpha value is -3.20. The van der Waals surface area contributed by atoms with E-state index in [1.54, 1.807) is 62.9 Å². The van der Waals surface area contributed by atoms with Crippen molar-refractivity contribution < 1.29 is 27.4 Å². The molecule has 0 amide bonds. The van der Waals surface area contributed by atoms with Crippen LogP contribution in [-0.2, 0) is 9.84 Å². The highest BCUT2D eigenvalue weighted by molar-refractivity contribution is 7.91. The number of hydrogen-bond acceptors (Lipinski definition) is 7. The third kappa shape index (κ3) is 5.73. The maximum absolute atomic E-state index is 12.7. The van der Waals surface area contributed by atoms with Crippen molar-refractivity contribution >= 4 is 43.9 Å². The maximum Gasteiger partial charge on any atom is 0.181 e.